The van der Waals surface area contributed by atoms with Gasteiger partial charge in [0.2, 0.25) is 5.91 Å². The van der Waals surface area contributed by atoms with E-state index >= 15 is 0 Å². The average Bonchev–Trinajstić information content (AvgIpc) is 3.94. The van der Waals surface area contributed by atoms with Crippen LogP contribution < -0.4 is 0 Å². The zero-order chi connectivity index (χ0) is 46.1. The van der Waals surface area contributed by atoms with Gasteiger partial charge in [0.25, 0.3) is 0 Å². The monoisotopic (exact) mass is 918 g/mol. The molecule has 0 N–H and O–H groups in total. The van der Waals surface area contributed by atoms with Gasteiger partial charge in [-0.05, 0) is 134 Å². The molecular formula is C47H101NO11P2. The van der Waals surface area contributed by atoms with E-state index in [-0.39, 0.29) is 20.0 Å². The molecule has 3 saturated heterocycles. The Balaban J connectivity index is -0.000000646. The largest absolute Gasteiger partial charge is 0.376 e. The van der Waals surface area contributed by atoms with Crippen molar-refractivity contribution in [1.82, 2.24) is 4.90 Å². The summed E-state index contributed by atoms with van der Waals surface area (Å²) >= 11 is 0. The van der Waals surface area contributed by atoms with Gasteiger partial charge in [0.05, 0.1) is 43.2 Å². The molecule has 0 spiro atoms. The van der Waals surface area contributed by atoms with Crippen molar-refractivity contribution in [3.8, 4) is 0 Å². The number of carbonyl (C=O) groups is 1. The first kappa shape index (κ1) is 64.9. The lowest BCUT2D eigenvalue weighted by Gasteiger charge is -2.24. The number of hydrogen-bond acceptors (Lipinski definition) is 11. The molecule has 12 nitrogen and oxygen atoms in total. The van der Waals surface area contributed by atoms with Crippen molar-refractivity contribution in [2.75, 3.05) is 60.1 Å². The highest BCUT2D eigenvalue weighted by Gasteiger charge is 2.22. The van der Waals surface area contributed by atoms with E-state index in [0.717, 1.165) is 51.9 Å². The number of carbonyl (C=O) groups excluding carboxylic acids is 1. The summed E-state index contributed by atoms with van der Waals surface area (Å²) in [5.41, 5.74) is 0. The predicted octanol–water partition coefficient (Wildman–Crippen LogP) is 13.0. The molecule has 2 unspecified atom stereocenters. The molecule has 3 aliphatic heterocycles. The van der Waals surface area contributed by atoms with Crippen LogP contribution in [0.2, 0.25) is 0 Å². The summed E-state index contributed by atoms with van der Waals surface area (Å²) in [6, 6.07) is 0.403. The lowest BCUT2D eigenvalue weighted by atomic mass is 9.98. The number of nitrogens with zero attached hydrogens (tertiary/aromatic N) is 1. The van der Waals surface area contributed by atoms with Gasteiger partial charge >= 0.3 is 0 Å². The van der Waals surface area contributed by atoms with E-state index in [1.807, 2.05) is 39.5 Å². The summed E-state index contributed by atoms with van der Waals surface area (Å²) in [4.78, 5) is 12.9. The van der Waals surface area contributed by atoms with Crippen LogP contribution in [-0.4, -0.2) is 126 Å². The highest BCUT2D eigenvalue weighted by atomic mass is 31.2. The molecule has 2 saturated carbocycles. The second kappa shape index (κ2) is 38.8. The van der Waals surface area contributed by atoms with Gasteiger partial charge in [-0.1, -0.05) is 39.5 Å². The first-order chi connectivity index (χ1) is 28.0. The molecule has 61 heavy (non-hydrogen) atoms. The fourth-order valence-corrected chi connectivity index (χ4v) is 7.22. The Bertz CT molecular complexity index is 1030. The standard InChI is InChI=1S/C9H18O.C8H16O2.C8H16O.C7H13NO.C7H14O2.C4H11O2P.C3H9O2P.CH4/c1-8(2)10-9-6-4-3-5-7-9;1-7(2)10-8-5-3-4-6-9-8;1-7(2)9-8-5-3-4-6-8;1-6(2)8-5-3-4-7(8)9;1-6(2)9-7-4-3-5-8-7;1-4-6-7(2,3)5;1-5-6(2,3)4;/h8-9H,3-7H2,1-2H3;7-8H,3-6H2,1-2H3;7-8H,3-6H2,1-2H3;6H,3-5H2,1-2H3;6-7H,3-5H2,1-2H3;4H2,1-3H3;1-3H3;1H4. The van der Waals surface area contributed by atoms with Gasteiger partial charge in [-0.15, -0.1) is 0 Å². The first-order valence-electron chi connectivity index (χ1n) is 23.4. The smallest absolute Gasteiger partial charge is 0.222 e. The van der Waals surface area contributed by atoms with E-state index < -0.39 is 14.7 Å². The lowest BCUT2D eigenvalue weighted by Crippen LogP contribution is -2.31. The van der Waals surface area contributed by atoms with E-state index in [4.69, 9.17) is 32.9 Å². The van der Waals surface area contributed by atoms with Crippen LogP contribution in [0.5, 0.6) is 0 Å². The number of likely N-dealkylation sites (tertiary alicyclic amines) is 1. The van der Waals surface area contributed by atoms with Crippen LogP contribution >= 0.6 is 14.7 Å². The molecule has 370 valence electrons. The third-order valence-electron chi connectivity index (χ3n) is 9.27. The van der Waals surface area contributed by atoms with Crippen LogP contribution in [0.25, 0.3) is 0 Å². The quantitative estimate of drug-likeness (QED) is 0.174. The summed E-state index contributed by atoms with van der Waals surface area (Å²) in [5.74, 6) is 0.324. The third kappa shape index (κ3) is 44.6. The zero-order valence-corrected chi connectivity index (χ0v) is 43.5. The zero-order valence-electron chi connectivity index (χ0n) is 41.7. The molecular weight excluding hydrogens is 816 g/mol. The molecule has 14 heteroatoms. The number of ether oxygens (including phenoxy) is 6. The SMILES string of the molecule is C.CC(C)N1CCCC1=O.CC(C)OC1CCCC1.CC(C)OC1CCCCC1.CC(C)OC1CCCCO1.CC(C)OC1CCCO1.CCOP(C)(C)=O.COP(C)(C)=O. The topological polar surface area (TPSA) is 128 Å². The lowest BCUT2D eigenvalue weighted by molar-refractivity contribution is -0.180. The first-order valence-corrected chi connectivity index (χ1v) is 28.5. The Labute approximate surface area is 377 Å². The van der Waals surface area contributed by atoms with Gasteiger partial charge in [0, 0.05) is 72.4 Å². The molecule has 0 radical (unpaired) electrons. The molecule has 5 aliphatic rings. The molecule has 3 heterocycles. The Hall–Kier alpha value is -0.390. The van der Waals surface area contributed by atoms with Gasteiger partial charge in [-0.3, -0.25) is 13.9 Å². The van der Waals surface area contributed by atoms with E-state index in [0.29, 0.717) is 55.2 Å². The molecule has 1 amide bonds. The minimum Gasteiger partial charge on any atom is -0.376 e. The summed E-state index contributed by atoms with van der Waals surface area (Å²) in [7, 11) is -2.87. The van der Waals surface area contributed by atoms with E-state index in [9.17, 15) is 13.9 Å². The summed E-state index contributed by atoms with van der Waals surface area (Å²) in [6.07, 6.45) is 22.4. The highest BCUT2D eigenvalue weighted by molar-refractivity contribution is 7.57. The minimum absolute atomic E-state index is 0. The highest BCUT2D eigenvalue weighted by Crippen LogP contribution is 2.36. The van der Waals surface area contributed by atoms with Crippen molar-refractivity contribution < 1.29 is 51.4 Å². The second-order valence-electron chi connectivity index (χ2n) is 18.0. The van der Waals surface area contributed by atoms with Crippen molar-refractivity contribution in [3.63, 3.8) is 0 Å². The Morgan fingerprint density at radius 1 is 0.574 bits per heavy atom. The summed E-state index contributed by atoms with van der Waals surface area (Å²) in [6.45, 7) is 32.2. The Kier molecular flexibility index (Phi) is 41.3. The molecule has 5 fully saturated rings. The van der Waals surface area contributed by atoms with E-state index in [1.165, 1.54) is 77.7 Å². The second-order valence-corrected chi connectivity index (χ2v) is 23.7. The van der Waals surface area contributed by atoms with Crippen LogP contribution in [0.1, 0.15) is 186 Å². The normalized spacial score (nSPS) is 20.8. The van der Waals surface area contributed by atoms with Crippen molar-refractivity contribution in [3.05, 3.63) is 0 Å². The van der Waals surface area contributed by atoms with Crippen molar-refractivity contribution in [1.29, 1.82) is 0 Å². The number of rotatable bonds is 12. The van der Waals surface area contributed by atoms with Crippen molar-refractivity contribution in [2.24, 2.45) is 0 Å². The molecule has 0 aromatic rings. The van der Waals surface area contributed by atoms with E-state index in [2.05, 4.69) is 46.1 Å². The maximum atomic E-state index is 10.9. The molecule has 2 atom stereocenters. The summed E-state index contributed by atoms with van der Waals surface area (Å²) < 4.78 is 63.0. The van der Waals surface area contributed by atoms with Crippen molar-refractivity contribution in [2.45, 2.75) is 242 Å². The van der Waals surface area contributed by atoms with Gasteiger partial charge in [-0.25, -0.2) is 0 Å². The molecule has 0 bridgehead atoms. The molecule has 2 aliphatic carbocycles. The van der Waals surface area contributed by atoms with Crippen LogP contribution in [0.4, 0.5) is 0 Å². The van der Waals surface area contributed by atoms with Gasteiger partial charge in [0.15, 0.2) is 27.3 Å². The van der Waals surface area contributed by atoms with Crippen LogP contribution in [0, 0.1) is 0 Å². The maximum Gasteiger partial charge on any atom is 0.222 e. The fourth-order valence-electron chi connectivity index (χ4n) is 6.60. The van der Waals surface area contributed by atoms with Gasteiger partial charge in [0.1, 0.15) is 0 Å². The third-order valence-corrected chi connectivity index (χ3v) is 11.0. The molecule has 0 aromatic carbocycles. The minimum atomic E-state index is -2.17. The predicted molar refractivity (Wildman–Crippen MR) is 257 cm³/mol. The van der Waals surface area contributed by atoms with Gasteiger partial charge < -0.3 is 42.4 Å². The number of hydrogen-bond donors (Lipinski definition) is 0. The van der Waals surface area contributed by atoms with Crippen molar-refractivity contribution >= 4 is 20.6 Å². The van der Waals surface area contributed by atoms with Crippen LogP contribution in [-0.2, 0) is 51.4 Å². The number of amides is 1. The van der Waals surface area contributed by atoms with Gasteiger partial charge in [-0.2, -0.15) is 0 Å². The van der Waals surface area contributed by atoms with Crippen LogP contribution in [0.15, 0.2) is 0 Å². The average molecular weight is 918 g/mol. The molecule has 5 rings (SSSR count). The van der Waals surface area contributed by atoms with Crippen LogP contribution in [0.3, 0.4) is 0 Å². The summed E-state index contributed by atoms with van der Waals surface area (Å²) in [5, 5.41) is 0. The van der Waals surface area contributed by atoms with E-state index in [1.54, 1.807) is 26.7 Å². The maximum absolute atomic E-state index is 10.9. The fraction of sp³-hybridized carbons (Fsp3) is 0.979. The Morgan fingerprint density at radius 3 is 1.18 bits per heavy atom. The molecule has 0 aromatic heterocycles. The Morgan fingerprint density at radius 2 is 0.951 bits per heavy atom.